The first-order valence-corrected chi connectivity index (χ1v) is 12.0. The Hall–Kier alpha value is -3.69. The van der Waals surface area contributed by atoms with E-state index < -0.39 is 6.04 Å². The summed E-state index contributed by atoms with van der Waals surface area (Å²) < 4.78 is 10.8. The van der Waals surface area contributed by atoms with Gasteiger partial charge in [0, 0.05) is 12.6 Å². The lowest BCUT2D eigenvalue weighted by Crippen LogP contribution is -2.51. The van der Waals surface area contributed by atoms with Crippen LogP contribution in [0.25, 0.3) is 11.6 Å². The minimum Gasteiger partial charge on any atom is -0.497 e. The standard InChI is InChI=1S/C25H32N6O4/c1-4-21(25(33)26-19-7-5-6-8-19)30(15-18-10-12-20(34-3)13-11-18)23(32)16-31-28-24(27-29-31)22-14-9-17(2)35-22/h9-14,19,21H,4-8,15-16H2,1-3H3,(H,26,33)/t21-/m1/s1. The largest absolute Gasteiger partial charge is 0.497 e. The highest BCUT2D eigenvalue weighted by molar-refractivity contribution is 5.87. The van der Waals surface area contributed by atoms with Gasteiger partial charge in [-0.15, -0.1) is 10.2 Å². The van der Waals surface area contributed by atoms with Crippen LogP contribution in [0, 0.1) is 6.92 Å². The first-order valence-electron chi connectivity index (χ1n) is 12.0. The number of rotatable bonds is 10. The molecule has 2 amide bonds. The number of furan rings is 1. The van der Waals surface area contributed by atoms with Crippen LogP contribution in [0.5, 0.6) is 5.75 Å². The predicted molar refractivity (Wildman–Crippen MR) is 128 cm³/mol. The van der Waals surface area contributed by atoms with Gasteiger partial charge in [-0.05, 0) is 61.2 Å². The molecule has 1 atom stereocenters. The maximum absolute atomic E-state index is 13.5. The summed E-state index contributed by atoms with van der Waals surface area (Å²) in [4.78, 5) is 29.6. The Morgan fingerprint density at radius 3 is 2.57 bits per heavy atom. The minimum absolute atomic E-state index is 0.125. The molecular weight excluding hydrogens is 448 g/mol. The van der Waals surface area contributed by atoms with Crippen molar-refractivity contribution < 1.29 is 18.7 Å². The molecule has 0 spiro atoms. The van der Waals surface area contributed by atoms with Crippen molar-refractivity contribution in [2.75, 3.05) is 7.11 Å². The number of methoxy groups -OCH3 is 1. The topological polar surface area (TPSA) is 115 Å². The molecule has 0 aliphatic heterocycles. The molecule has 1 N–H and O–H groups in total. The van der Waals surface area contributed by atoms with Crippen molar-refractivity contribution in [3.05, 3.63) is 47.7 Å². The fourth-order valence-electron chi connectivity index (χ4n) is 4.39. The van der Waals surface area contributed by atoms with E-state index in [0.29, 0.717) is 18.0 Å². The molecule has 1 saturated carbocycles. The second-order valence-electron chi connectivity index (χ2n) is 8.84. The van der Waals surface area contributed by atoms with Gasteiger partial charge in [0.05, 0.1) is 7.11 Å². The number of carbonyl (C=O) groups excluding carboxylic acids is 2. The number of aryl methyl sites for hydroxylation is 1. The van der Waals surface area contributed by atoms with Gasteiger partial charge in [-0.25, -0.2) is 0 Å². The van der Waals surface area contributed by atoms with Crippen LogP contribution in [0.15, 0.2) is 40.8 Å². The van der Waals surface area contributed by atoms with E-state index in [1.165, 1.54) is 4.80 Å². The Kier molecular flexibility index (Phi) is 7.79. The molecule has 10 nitrogen and oxygen atoms in total. The van der Waals surface area contributed by atoms with Crippen molar-refractivity contribution >= 4 is 11.8 Å². The van der Waals surface area contributed by atoms with Gasteiger partial charge in [0.15, 0.2) is 5.76 Å². The number of nitrogens with zero attached hydrogens (tertiary/aromatic N) is 5. The maximum atomic E-state index is 13.5. The fourth-order valence-corrected chi connectivity index (χ4v) is 4.39. The Bertz CT molecular complexity index is 1130. The van der Waals surface area contributed by atoms with Crippen LogP contribution >= 0.6 is 0 Å². The fraction of sp³-hybridized carbons (Fsp3) is 0.480. The van der Waals surface area contributed by atoms with Crippen LogP contribution in [-0.2, 0) is 22.7 Å². The van der Waals surface area contributed by atoms with Crippen LogP contribution < -0.4 is 10.1 Å². The van der Waals surface area contributed by atoms with Crippen LogP contribution in [0.3, 0.4) is 0 Å². The molecule has 35 heavy (non-hydrogen) atoms. The highest BCUT2D eigenvalue weighted by Gasteiger charge is 2.31. The Balaban J connectivity index is 1.53. The second kappa shape index (κ2) is 11.2. The summed E-state index contributed by atoms with van der Waals surface area (Å²) in [5.74, 6) is 1.85. The van der Waals surface area contributed by atoms with Crippen molar-refractivity contribution in [3.63, 3.8) is 0 Å². The van der Waals surface area contributed by atoms with E-state index in [4.69, 9.17) is 9.15 Å². The summed E-state index contributed by atoms with van der Waals surface area (Å²) >= 11 is 0. The van der Waals surface area contributed by atoms with E-state index in [1.54, 1.807) is 18.1 Å². The molecule has 0 unspecified atom stereocenters. The van der Waals surface area contributed by atoms with Crippen LogP contribution in [0.2, 0.25) is 0 Å². The van der Waals surface area contributed by atoms with Gasteiger partial charge in [-0.2, -0.15) is 4.80 Å². The molecule has 3 aromatic rings. The predicted octanol–water partition coefficient (Wildman–Crippen LogP) is 3.12. The van der Waals surface area contributed by atoms with Crippen molar-refractivity contribution in [1.82, 2.24) is 30.4 Å². The lowest BCUT2D eigenvalue weighted by Gasteiger charge is -2.31. The van der Waals surface area contributed by atoms with Gasteiger partial charge in [-0.3, -0.25) is 9.59 Å². The third-order valence-electron chi connectivity index (χ3n) is 6.29. The summed E-state index contributed by atoms with van der Waals surface area (Å²) in [5, 5.41) is 15.5. The first-order chi connectivity index (χ1) is 17.0. The van der Waals surface area contributed by atoms with E-state index in [0.717, 1.165) is 42.8 Å². The molecule has 0 radical (unpaired) electrons. The van der Waals surface area contributed by atoms with Crippen molar-refractivity contribution in [2.24, 2.45) is 0 Å². The number of amides is 2. The molecule has 186 valence electrons. The molecule has 4 rings (SSSR count). The monoisotopic (exact) mass is 480 g/mol. The number of carbonyl (C=O) groups is 2. The molecule has 1 fully saturated rings. The molecule has 2 heterocycles. The Morgan fingerprint density at radius 1 is 1.20 bits per heavy atom. The number of hydrogen-bond acceptors (Lipinski definition) is 7. The van der Waals surface area contributed by atoms with Crippen molar-refractivity contribution in [1.29, 1.82) is 0 Å². The number of aromatic nitrogens is 4. The van der Waals surface area contributed by atoms with E-state index in [-0.39, 0.29) is 30.9 Å². The number of ether oxygens (including phenoxy) is 1. The third kappa shape index (κ3) is 6.06. The molecule has 1 aromatic carbocycles. The lowest BCUT2D eigenvalue weighted by molar-refractivity contribution is -0.142. The molecule has 0 saturated heterocycles. The zero-order chi connectivity index (χ0) is 24.8. The molecular formula is C25H32N6O4. The summed E-state index contributed by atoms with van der Waals surface area (Å²) in [6, 6.07) is 10.6. The highest BCUT2D eigenvalue weighted by Crippen LogP contribution is 2.21. The SMILES string of the molecule is CC[C@H](C(=O)NC1CCCC1)N(Cc1ccc(OC)cc1)C(=O)Cn1nnc(-c2ccc(C)o2)n1. The van der Waals surface area contributed by atoms with Gasteiger partial charge >= 0.3 is 0 Å². The average Bonchev–Trinajstić information content (AvgIpc) is 3.62. The number of hydrogen-bond donors (Lipinski definition) is 1. The second-order valence-corrected chi connectivity index (χ2v) is 8.84. The van der Waals surface area contributed by atoms with Crippen molar-refractivity contribution in [2.45, 2.75) is 71.1 Å². The van der Waals surface area contributed by atoms with E-state index in [1.807, 2.05) is 44.2 Å². The summed E-state index contributed by atoms with van der Waals surface area (Å²) in [7, 11) is 1.61. The highest BCUT2D eigenvalue weighted by atomic mass is 16.5. The van der Waals surface area contributed by atoms with Crippen LogP contribution in [0.4, 0.5) is 0 Å². The lowest BCUT2D eigenvalue weighted by atomic mass is 10.1. The third-order valence-corrected chi connectivity index (χ3v) is 6.29. The number of benzene rings is 1. The molecule has 1 aliphatic rings. The van der Waals surface area contributed by atoms with E-state index in [2.05, 4.69) is 20.7 Å². The van der Waals surface area contributed by atoms with Crippen molar-refractivity contribution in [3.8, 4) is 17.3 Å². The molecule has 2 aromatic heterocycles. The van der Waals surface area contributed by atoms with E-state index >= 15 is 0 Å². The smallest absolute Gasteiger partial charge is 0.247 e. The number of nitrogens with one attached hydrogen (secondary N) is 1. The summed E-state index contributed by atoms with van der Waals surface area (Å²) in [5.41, 5.74) is 0.893. The minimum atomic E-state index is -0.610. The van der Waals surface area contributed by atoms with Crippen LogP contribution in [-0.4, -0.2) is 56.1 Å². The van der Waals surface area contributed by atoms with Crippen LogP contribution in [0.1, 0.15) is 50.4 Å². The molecule has 1 aliphatic carbocycles. The molecule has 0 bridgehead atoms. The van der Waals surface area contributed by atoms with Gasteiger partial charge < -0.3 is 19.4 Å². The molecule has 10 heteroatoms. The normalized spacial score (nSPS) is 14.6. The van der Waals surface area contributed by atoms with Gasteiger partial charge in [0.2, 0.25) is 17.6 Å². The first kappa shape index (κ1) is 24.4. The Labute approximate surface area is 204 Å². The maximum Gasteiger partial charge on any atom is 0.247 e. The van der Waals surface area contributed by atoms with Gasteiger partial charge in [0.1, 0.15) is 24.1 Å². The quantitative estimate of drug-likeness (QED) is 0.474. The Morgan fingerprint density at radius 2 is 1.94 bits per heavy atom. The summed E-state index contributed by atoms with van der Waals surface area (Å²) in [6.45, 7) is 3.88. The summed E-state index contributed by atoms with van der Waals surface area (Å²) in [6.07, 6.45) is 4.68. The number of tetrazole rings is 1. The zero-order valence-corrected chi connectivity index (χ0v) is 20.4. The van der Waals surface area contributed by atoms with Gasteiger partial charge in [-0.1, -0.05) is 31.9 Å². The average molecular weight is 481 g/mol. The zero-order valence-electron chi connectivity index (χ0n) is 20.4. The van der Waals surface area contributed by atoms with Gasteiger partial charge in [0.25, 0.3) is 0 Å². The van der Waals surface area contributed by atoms with E-state index in [9.17, 15) is 9.59 Å².